The maximum Gasteiger partial charge on any atom is 0.251 e. The van der Waals surface area contributed by atoms with Crippen LogP contribution in [0.2, 0.25) is 5.02 Å². The van der Waals surface area contributed by atoms with E-state index < -0.39 is 0 Å². The molecule has 0 unspecified atom stereocenters. The summed E-state index contributed by atoms with van der Waals surface area (Å²) in [5.74, 6) is 0.621. The van der Waals surface area contributed by atoms with Gasteiger partial charge in [-0.1, -0.05) is 61.0 Å². The molecule has 5 rings (SSSR count). The molecule has 0 saturated carbocycles. The molecule has 1 aliphatic rings. The maximum atomic E-state index is 12.7. The SMILES string of the molecule is C[C@H]1CCc2c(cc(-c3ccccc3)n2-c2ccc(C(=O)NCc3cccc(Cl)c3)cc2)C1. The van der Waals surface area contributed by atoms with Crippen LogP contribution in [0.5, 0.6) is 0 Å². The van der Waals surface area contributed by atoms with Gasteiger partial charge in [-0.2, -0.15) is 0 Å². The van der Waals surface area contributed by atoms with Crippen LogP contribution in [0.3, 0.4) is 0 Å². The van der Waals surface area contributed by atoms with E-state index in [1.165, 1.54) is 28.9 Å². The zero-order valence-electron chi connectivity index (χ0n) is 18.7. The van der Waals surface area contributed by atoms with Crippen LogP contribution in [0.1, 0.15) is 40.5 Å². The van der Waals surface area contributed by atoms with Crippen LogP contribution in [0, 0.1) is 5.92 Å². The standard InChI is InChI=1S/C29H27ClN2O/c1-20-10-15-27-24(16-20)18-28(22-7-3-2-4-8-22)32(27)26-13-11-23(12-14-26)29(33)31-19-21-6-5-9-25(30)17-21/h2-9,11-14,17-18,20H,10,15-16,19H2,1H3,(H,31,33)/t20-/m0/s1. The van der Waals surface area contributed by atoms with Gasteiger partial charge in [0.15, 0.2) is 0 Å². The number of amides is 1. The van der Waals surface area contributed by atoms with Gasteiger partial charge in [0.2, 0.25) is 0 Å². The molecule has 166 valence electrons. The summed E-state index contributed by atoms with van der Waals surface area (Å²) in [5, 5.41) is 3.66. The highest BCUT2D eigenvalue weighted by Crippen LogP contribution is 2.35. The Balaban J connectivity index is 1.42. The fourth-order valence-electron chi connectivity index (χ4n) is 4.72. The topological polar surface area (TPSA) is 34.0 Å². The summed E-state index contributed by atoms with van der Waals surface area (Å²) in [4.78, 5) is 12.7. The lowest BCUT2D eigenvalue weighted by molar-refractivity contribution is 0.0951. The molecule has 4 aromatic rings. The molecule has 1 atom stereocenters. The van der Waals surface area contributed by atoms with E-state index in [1.54, 1.807) is 0 Å². The average Bonchev–Trinajstić information content (AvgIpc) is 3.22. The lowest BCUT2D eigenvalue weighted by atomic mass is 9.89. The average molecular weight is 455 g/mol. The number of hydrogen-bond donors (Lipinski definition) is 1. The van der Waals surface area contributed by atoms with E-state index in [2.05, 4.69) is 65.3 Å². The van der Waals surface area contributed by atoms with Gasteiger partial charge in [-0.15, -0.1) is 0 Å². The van der Waals surface area contributed by atoms with Gasteiger partial charge in [-0.05, 0) is 84.3 Å². The maximum absolute atomic E-state index is 12.7. The lowest BCUT2D eigenvalue weighted by Crippen LogP contribution is -2.22. The molecule has 3 nitrogen and oxygen atoms in total. The van der Waals surface area contributed by atoms with Crippen molar-refractivity contribution >= 4 is 17.5 Å². The summed E-state index contributed by atoms with van der Waals surface area (Å²) >= 11 is 6.04. The largest absolute Gasteiger partial charge is 0.348 e. The second kappa shape index (κ2) is 9.29. The quantitative estimate of drug-likeness (QED) is 0.351. The molecule has 33 heavy (non-hydrogen) atoms. The molecule has 1 aromatic heterocycles. The number of benzene rings is 3. The van der Waals surface area contributed by atoms with E-state index in [0.717, 1.165) is 24.1 Å². The third-order valence-electron chi connectivity index (χ3n) is 6.43. The number of carbonyl (C=O) groups excluding carboxylic acids is 1. The second-order valence-electron chi connectivity index (χ2n) is 8.91. The van der Waals surface area contributed by atoms with Crippen molar-refractivity contribution in [2.45, 2.75) is 32.7 Å². The predicted octanol–water partition coefficient (Wildman–Crippen LogP) is 6.85. The normalized spacial score (nSPS) is 15.2. The van der Waals surface area contributed by atoms with Gasteiger partial charge in [0.1, 0.15) is 0 Å². The van der Waals surface area contributed by atoms with Crippen LogP contribution < -0.4 is 5.32 Å². The Morgan fingerprint density at radius 1 is 1.00 bits per heavy atom. The number of carbonyl (C=O) groups is 1. The molecule has 1 heterocycles. The Bertz CT molecular complexity index is 1270. The molecular weight excluding hydrogens is 428 g/mol. The molecule has 3 aromatic carbocycles. The zero-order chi connectivity index (χ0) is 22.8. The van der Waals surface area contributed by atoms with Crippen molar-refractivity contribution in [2.75, 3.05) is 0 Å². The van der Waals surface area contributed by atoms with Crippen LogP contribution in [-0.2, 0) is 19.4 Å². The molecule has 1 N–H and O–H groups in total. The van der Waals surface area contributed by atoms with Crippen molar-refractivity contribution < 1.29 is 4.79 Å². The van der Waals surface area contributed by atoms with Crippen molar-refractivity contribution in [2.24, 2.45) is 5.92 Å². The number of rotatable bonds is 5. The zero-order valence-corrected chi connectivity index (χ0v) is 19.5. The van der Waals surface area contributed by atoms with Crippen LogP contribution in [0.4, 0.5) is 0 Å². The van der Waals surface area contributed by atoms with Crippen molar-refractivity contribution in [3.8, 4) is 16.9 Å². The van der Waals surface area contributed by atoms with Crippen LogP contribution in [0.25, 0.3) is 16.9 Å². The second-order valence-corrected chi connectivity index (χ2v) is 9.35. The molecule has 4 heteroatoms. The number of nitrogens with zero attached hydrogens (tertiary/aromatic N) is 1. The third-order valence-corrected chi connectivity index (χ3v) is 6.67. The van der Waals surface area contributed by atoms with Crippen molar-refractivity contribution in [1.82, 2.24) is 9.88 Å². The number of halogens is 1. The molecule has 0 radical (unpaired) electrons. The molecule has 0 fully saturated rings. The Labute approximate surface area is 200 Å². The number of hydrogen-bond acceptors (Lipinski definition) is 1. The fraction of sp³-hybridized carbons (Fsp3) is 0.207. The predicted molar refractivity (Wildman–Crippen MR) is 135 cm³/mol. The Hall–Kier alpha value is -3.30. The van der Waals surface area contributed by atoms with Crippen molar-refractivity contribution in [1.29, 1.82) is 0 Å². The van der Waals surface area contributed by atoms with E-state index >= 15 is 0 Å². The Morgan fingerprint density at radius 3 is 2.55 bits per heavy atom. The molecule has 1 aliphatic carbocycles. The molecule has 0 spiro atoms. The van der Waals surface area contributed by atoms with E-state index in [9.17, 15) is 4.79 Å². The highest BCUT2D eigenvalue weighted by atomic mass is 35.5. The first-order valence-corrected chi connectivity index (χ1v) is 11.9. The Morgan fingerprint density at radius 2 is 1.79 bits per heavy atom. The van der Waals surface area contributed by atoms with Crippen molar-refractivity contribution in [3.63, 3.8) is 0 Å². The number of fused-ring (bicyclic) bond motifs is 1. The highest BCUT2D eigenvalue weighted by Gasteiger charge is 2.23. The summed E-state index contributed by atoms with van der Waals surface area (Å²) in [7, 11) is 0. The van der Waals surface area contributed by atoms with E-state index in [-0.39, 0.29) is 5.91 Å². The summed E-state index contributed by atoms with van der Waals surface area (Å²) < 4.78 is 2.38. The molecule has 0 bridgehead atoms. The first-order chi connectivity index (χ1) is 16.1. The Kier molecular flexibility index (Phi) is 6.06. The van der Waals surface area contributed by atoms with Gasteiger partial charge in [0.25, 0.3) is 5.91 Å². The minimum atomic E-state index is -0.0897. The van der Waals surface area contributed by atoms with Gasteiger partial charge < -0.3 is 9.88 Å². The van der Waals surface area contributed by atoms with Crippen LogP contribution in [0.15, 0.2) is 84.9 Å². The molecular formula is C29H27ClN2O. The van der Waals surface area contributed by atoms with Gasteiger partial charge in [-0.25, -0.2) is 0 Å². The summed E-state index contributed by atoms with van der Waals surface area (Å²) in [6, 6.07) is 28.4. The first kappa shape index (κ1) is 21.5. The highest BCUT2D eigenvalue weighted by molar-refractivity contribution is 6.30. The number of aromatic nitrogens is 1. The fourth-order valence-corrected chi connectivity index (χ4v) is 4.93. The van der Waals surface area contributed by atoms with Crippen LogP contribution in [-0.4, -0.2) is 10.5 Å². The van der Waals surface area contributed by atoms with Crippen LogP contribution >= 0.6 is 11.6 Å². The minimum absolute atomic E-state index is 0.0897. The molecule has 0 saturated heterocycles. The molecule has 1 amide bonds. The smallest absolute Gasteiger partial charge is 0.251 e. The minimum Gasteiger partial charge on any atom is -0.348 e. The lowest BCUT2D eigenvalue weighted by Gasteiger charge is -2.21. The van der Waals surface area contributed by atoms with E-state index in [1.807, 2.05) is 36.4 Å². The monoisotopic (exact) mass is 454 g/mol. The van der Waals surface area contributed by atoms with Gasteiger partial charge in [0, 0.05) is 28.5 Å². The van der Waals surface area contributed by atoms with Crippen molar-refractivity contribution in [3.05, 3.63) is 112 Å². The summed E-state index contributed by atoms with van der Waals surface area (Å²) in [5.41, 5.74) is 7.98. The summed E-state index contributed by atoms with van der Waals surface area (Å²) in [6.45, 7) is 2.78. The van der Waals surface area contributed by atoms with E-state index in [4.69, 9.17) is 11.6 Å². The van der Waals surface area contributed by atoms with Gasteiger partial charge >= 0.3 is 0 Å². The third kappa shape index (κ3) is 4.60. The number of nitrogens with one attached hydrogen (secondary N) is 1. The van der Waals surface area contributed by atoms with Gasteiger partial charge in [0.05, 0.1) is 5.69 Å². The van der Waals surface area contributed by atoms with E-state index in [0.29, 0.717) is 23.0 Å². The van der Waals surface area contributed by atoms with Gasteiger partial charge in [-0.3, -0.25) is 4.79 Å². The molecule has 0 aliphatic heterocycles. The first-order valence-electron chi connectivity index (χ1n) is 11.5. The summed E-state index contributed by atoms with van der Waals surface area (Å²) in [6.07, 6.45) is 3.40.